The van der Waals surface area contributed by atoms with Gasteiger partial charge in [-0.2, -0.15) is 0 Å². The molecule has 0 radical (unpaired) electrons. The Morgan fingerprint density at radius 3 is 1.34 bits per heavy atom. The molecule has 10 aromatic rings. The minimum absolute atomic E-state index is 0.194. The summed E-state index contributed by atoms with van der Waals surface area (Å²) < 4.78 is 49.2. The predicted molar refractivity (Wildman–Crippen MR) is 404 cm³/mol. The average Bonchev–Trinajstić information content (AvgIpc) is 0.857. The highest BCUT2D eigenvalue weighted by Crippen LogP contribution is 2.19. The molecule has 3 heterocycles. The molecule has 100 heavy (non-hydrogen) atoms. The van der Waals surface area contributed by atoms with Crippen LogP contribution in [0.15, 0.2) is 199 Å². The summed E-state index contributed by atoms with van der Waals surface area (Å²) >= 11 is 5.59. The molecule has 0 aliphatic rings. The molecular formula is C76H97ClFN13O8S. The summed E-state index contributed by atoms with van der Waals surface area (Å²) in [5.41, 5.74) is 62.6. The van der Waals surface area contributed by atoms with E-state index in [9.17, 15) is 27.2 Å². The standard InChI is InChI=1S/C9H11NO2.2C9H13NO.C8H10FN.2C8H9NO.C7H9NO2S.C6H7ClN2.2C6H8N2/c1-6-3-4-7(12-2)5-8(6)9(10)11;1-7-5-9(11-2)4-3-8(7)6-10;1-7-3-4-9(11-2)5-8(7)6-10;1-6-4-8(9)3-2-7(6)5-10;1-6-3-2-4-7(5-6)8(9)10;1-6-4-2-3-5-7(6)8(9)10;1-6-4-2-3-5-7(6)11(8,9)10;1-4-2-3-5(7)6(8)9-4;1-5-2-3-8-6(7)4-5;1-5-3-2-4-6(7)8-5/h3-5H,1-2H3,(H2,10,11);2*3-5H,6,10H2,1-2H3;2-4H,5,10H2,1H3;2*2-5H,1H3,(H2,9,10);2-5H,1H3,(H2,8,9,10);2-3H,1H3,(H2,8,9);2*2-4H,1H3,(H2,7,8). The second-order valence-corrected chi connectivity index (χ2v) is 23.8. The number of rotatable bonds is 10. The Bertz CT molecular complexity index is 4220. The van der Waals surface area contributed by atoms with Crippen LogP contribution in [0.1, 0.15) is 104 Å². The number of hydrogen-bond acceptors (Lipinski definition) is 17. The molecule has 3 aromatic heterocycles. The predicted octanol–water partition coefficient (Wildman–Crippen LogP) is 12.0. The number of methoxy groups -OCH3 is 3. The van der Waals surface area contributed by atoms with Crippen LogP contribution in [0.5, 0.6) is 17.2 Å². The summed E-state index contributed by atoms with van der Waals surface area (Å²) in [6, 6.07) is 55.6. The number of pyridine rings is 3. The number of primary sulfonamides is 1. The van der Waals surface area contributed by atoms with Gasteiger partial charge >= 0.3 is 0 Å². The van der Waals surface area contributed by atoms with Gasteiger partial charge in [-0.05, 0) is 234 Å². The van der Waals surface area contributed by atoms with Crippen LogP contribution in [0.2, 0.25) is 5.02 Å². The third-order valence-corrected chi connectivity index (χ3v) is 15.1. The van der Waals surface area contributed by atoms with Crippen molar-refractivity contribution in [2.24, 2.45) is 39.5 Å². The number of aromatic nitrogens is 3. The van der Waals surface area contributed by atoms with E-state index in [0.717, 1.165) is 61.8 Å². The molecule has 10 rings (SSSR count). The fourth-order valence-corrected chi connectivity index (χ4v) is 9.00. The lowest BCUT2D eigenvalue weighted by atomic mass is 10.1. The van der Waals surface area contributed by atoms with E-state index < -0.39 is 15.9 Å². The molecule has 3 amide bonds. The maximum Gasteiger partial charge on any atom is 0.249 e. The number of nitrogens with zero attached hydrogens (tertiary/aromatic N) is 3. The molecule has 0 spiro atoms. The van der Waals surface area contributed by atoms with Gasteiger partial charge < -0.3 is 65.8 Å². The number of carbonyl (C=O) groups excluding carboxylic acids is 3. The van der Waals surface area contributed by atoms with Crippen molar-refractivity contribution in [3.63, 3.8) is 0 Å². The SMILES string of the molecule is COc1ccc(C)c(C(N)=O)c1.COc1ccc(C)c(CN)c1.COc1ccc(CN)c(C)c1.Cc1cc(F)ccc1CN.Cc1ccc(Cl)c(N)n1.Cc1cccc(C(N)=O)c1.Cc1cccc(N)n1.Cc1ccccc1C(N)=O.Cc1ccccc1S(N)(=O)=O.Cc1ccnc(N)c1. The van der Waals surface area contributed by atoms with Crippen LogP contribution >= 0.6 is 11.6 Å². The summed E-state index contributed by atoms with van der Waals surface area (Å²) in [7, 11) is 1.34. The first-order chi connectivity index (χ1) is 47.1. The van der Waals surface area contributed by atoms with Crippen molar-refractivity contribution in [2.45, 2.75) is 93.8 Å². The van der Waals surface area contributed by atoms with Gasteiger partial charge in [-0.1, -0.05) is 96.0 Å². The second-order valence-electron chi connectivity index (χ2n) is 21.8. The molecule has 534 valence electrons. The van der Waals surface area contributed by atoms with Gasteiger partial charge in [-0.3, -0.25) is 14.4 Å². The van der Waals surface area contributed by atoms with E-state index in [-0.39, 0.29) is 22.5 Å². The zero-order chi connectivity index (χ0) is 75.7. The zero-order valence-electron chi connectivity index (χ0n) is 59.1. The van der Waals surface area contributed by atoms with Crippen LogP contribution < -0.4 is 71.0 Å². The van der Waals surface area contributed by atoms with Crippen LogP contribution in [-0.2, 0) is 29.7 Å². The number of nitrogen functional groups attached to an aromatic ring is 3. The first kappa shape index (κ1) is 87.2. The van der Waals surface area contributed by atoms with Crippen LogP contribution in [0.25, 0.3) is 0 Å². The largest absolute Gasteiger partial charge is 0.497 e. The molecule has 0 fully saturated rings. The lowest BCUT2D eigenvalue weighted by Crippen LogP contribution is -2.13. The molecule has 21 nitrogen and oxygen atoms in total. The number of ether oxygens (including phenoxy) is 3. The van der Waals surface area contributed by atoms with Gasteiger partial charge in [0.25, 0.3) is 0 Å². The van der Waals surface area contributed by atoms with E-state index in [0.29, 0.717) is 70.1 Å². The van der Waals surface area contributed by atoms with E-state index in [1.165, 1.54) is 34.9 Å². The smallest absolute Gasteiger partial charge is 0.249 e. The average molecular weight is 1410 g/mol. The molecule has 0 saturated heterocycles. The van der Waals surface area contributed by atoms with Gasteiger partial charge in [0, 0.05) is 53.9 Å². The summed E-state index contributed by atoms with van der Waals surface area (Å²) in [4.78, 5) is 44.0. The highest BCUT2D eigenvalue weighted by molar-refractivity contribution is 7.89. The number of hydrogen-bond donors (Lipinski definition) is 10. The van der Waals surface area contributed by atoms with Gasteiger partial charge in [-0.25, -0.2) is 32.9 Å². The number of benzene rings is 7. The number of anilines is 3. The molecular weight excluding hydrogens is 1310 g/mol. The van der Waals surface area contributed by atoms with Crippen molar-refractivity contribution in [3.8, 4) is 17.2 Å². The molecule has 0 unspecified atom stereocenters. The minimum atomic E-state index is -3.53. The first-order valence-corrected chi connectivity index (χ1v) is 32.7. The number of nitrogens with two attached hydrogens (primary N) is 10. The normalized spacial score (nSPS) is 9.71. The molecule has 7 aromatic carbocycles. The van der Waals surface area contributed by atoms with E-state index in [1.54, 1.807) is 113 Å². The van der Waals surface area contributed by atoms with Crippen molar-refractivity contribution in [1.29, 1.82) is 0 Å². The lowest BCUT2D eigenvalue weighted by molar-refractivity contribution is 0.0991. The second kappa shape index (κ2) is 46.4. The number of sulfonamides is 1. The van der Waals surface area contributed by atoms with Crippen molar-refractivity contribution < 1.29 is 41.4 Å². The minimum Gasteiger partial charge on any atom is -0.497 e. The van der Waals surface area contributed by atoms with Crippen molar-refractivity contribution in [3.05, 3.63) is 294 Å². The third kappa shape index (κ3) is 34.9. The molecule has 0 bridgehead atoms. The number of aryl methyl sites for hydroxylation is 10. The summed E-state index contributed by atoms with van der Waals surface area (Å²) in [6.45, 7) is 20.7. The summed E-state index contributed by atoms with van der Waals surface area (Å²) in [6.07, 6.45) is 1.70. The Hall–Kier alpha value is -10.8. The molecule has 0 atom stereocenters. The Morgan fingerprint density at radius 2 is 0.930 bits per heavy atom. The van der Waals surface area contributed by atoms with E-state index in [2.05, 4.69) is 15.0 Å². The Balaban J connectivity index is 0.000000557. The lowest BCUT2D eigenvalue weighted by Gasteiger charge is -2.04. The number of carbonyl (C=O) groups is 3. The highest BCUT2D eigenvalue weighted by atomic mass is 35.5. The third-order valence-electron chi connectivity index (χ3n) is 13.8. The van der Waals surface area contributed by atoms with Crippen LogP contribution in [0, 0.1) is 75.1 Å². The van der Waals surface area contributed by atoms with Gasteiger partial charge in [-0.15, -0.1) is 0 Å². The Morgan fingerprint density at radius 1 is 0.440 bits per heavy atom. The zero-order valence-corrected chi connectivity index (χ0v) is 60.7. The Labute approximate surface area is 593 Å². The molecule has 24 heteroatoms. The maximum atomic E-state index is 12.4. The molecule has 0 aliphatic carbocycles. The van der Waals surface area contributed by atoms with Crippen LogP contribution in [0.4, 0.5) is 21.8 Å². The number of halogens is 2. The summed E-state index contributed by atoms with van der Waals surface area (Å²) in [5, 5.41) is 5.44. The van der Waals surface area contributed by atoms with Crippen LogP contribution in [0.3, 0.4) is 0 Å². The Kier molecular flexibility index (Phi) is 40.5. The van der Waals surface area contributed by atoms with Crippen molar-refractivity contribution >= 4 is 56.8 Å². The topological polar surface area (TPSA) is 412 Å². The van der Waals surface area contributed by atoms with Gasteiger partial charge in [0.15, 0.2) is 0 Å². The van der Waals surface area contributed by atoms with Gasteiger partial charge in [0.05, 0.1) is 31.2 Å². The number of amides is 3. The number of primary amides is 3. The van der Waals surface area contributed by atoms with Crippen molar-refractivity contribution in [2.75, 3.05) is 38.5 Å². The van der Waals surface area contributed by atoms with Crippen LogP contribution in [-0.4, -0.2) is 62.4 Å². The summed E-state index contributed by atoms with van der Waals surface area (Å²) in [5.74, 6) is 2.62. The quantitative estimate of drug-likeness (QED) is 0.0608. The maximum absolute atomic E-state index is 12.4. The fraction of sp³-hybridized carbons (Fsp3) is 0.211. The van der Waals surface area contributed by atoms with Gasteiger partial charge in [0.2, 0.25) is 27.7 Å². The van der Waals surface area contributed by atoms with Crippen molar-refractivity contribution in [1.82, 2.24) is 15.0 Å². The molecule has 20 N–H and O–H groups in total. The molecule has 0 saturated carbocycles. The van der Waals surface area contributed by atoms with E-state index in [4.69, 9.17) is 82.6 Å². The van der Waals surface area contributed by atoms with Gasteiger partial charge in [0.1, 0.15) is 40.5 Å². The first-order valence-electron chi connectivity index (χ1n) is 30.8. The van der Waals surface area contributed by atoms with E-state index >= 15 is 0 Å². The fourth-order valence-electron chi connectivity index (χ4n) is 8.11. The van der Waals surface area contributed by atoms with E-state index in [1.807, 2.05) is 153 Å². The molecule has 0 aliphatic heterocycles. The highest BCUT2D eigenvalue weighted by Gasteiger charge is 2.09. The monoisotopic (exact) mass is 1410 g/mol.